The van der Waals surface area contributed by atoms with Crippen LogP contribution in [0.3, 0.4) is 0 Å². The zero-order chi connectivity index (χ0) is 33.6. The monoisotopic (exact) mass is 687 g/mol. The molecule has 0 saturated carbocycles. The number of alkyl halides is 1. The Morgan fingerprint density at radius 1 is 0.660 bits per heavy atom. The Morgan fingerprint density at radius 3 is 1.96 bits per heavy atom. The molecular formula is C44H52BrN2+. The standard InChI is InChI=1S/C43H49N2.CH3Br/c1-7-8-9-13-20-31-45-37-30-28-33-22-17-19-24-35(33)41(37)43(4,5)39(45)26-15-12-10-11-14-25-38-42(2,3)40-34-23-18-16-21-32(34)27-29-36(40)44(38)6;1-2/h10-12,14-19,21-30H,7-9,13,20,31H2,1-6H3;1H3/q+1;. The van der Waals surface area contributed by atoms with Crippen LogP contribution in [0.2, 0.25) is 0 Å². The van der Waals surface area contributed by atoms with Crippen molar-refractivity contribution in [2.45, 2.75) is 77.6 Å². The molecule has 0 saturated heterocycles. The summed E-state index contributed by atoms with van der Waals surface area (Å²) in [6, 6.07) is 26.8. The predicted octanol–water partition coefficient (Wildman–Crippen LogP) is 12.3. The van der Waals surface area contributed by atoms with Crippen LogP contribution in [0.1, 0.15) is 77.8 Å². The summed E-state index contributed by atoms with van der Waals surface area (Å²) in [6.45, 7) is 12.8. The Balaban J connectivity index is 0.00000213. The predicted molar refractivity (Wildman–Crippen MR) is 211 cm³/mol. The van der Waals surface area contributed by atoms with E-state index in [2.05, 4.69) is 182 Å². The Kier molecular flexibility index (Phi) is 11.1. The van der Waals surface area contributed by atoms with Gasteiger partial charge in [0.05, 0.1) is 5.41 Å². The van der Waals surface area contributed by atoms with Crippen LogP contribution < -0.4 is 4.90 Å². The molecule has 0 spiro atoms. The van der Waals surface area contributed by atoms with Crippen molar-refractivity contribution < 1.29 is 4.58 Å². The summed E-state index contributed by atoms with van der Waals surface area (Å²) in [5.41, 5.74) is 8.13. The smallest absolute Gasteiger partial charge is 0.210 e. The van der Waals surface area contributed by atoms with E-state index in [0.717, 1.165) is 6.54 Å². The molecule has 0 amide bonds. The summed E-state index contributed by atoms with van der Waals surface area (Å²) in [6.07, 6.45) is 21.9. The summed E-state index contributed by atoms with van der Waals surface area (Å²) >= 11 is 2.94. The van der Waals surface area contributed by atoms with Gasteiger partial charge in [0, 0.05) is 41.1 Å². The molecule has 0 aliphatic carbocycles. The number of unbranched alkanes of at least 4 members (excludes halogenated alkanes) is 4. The van der Waals surface area contributed by atoms with E-state index < -0.39 is 0 Å². The van der Waals surface area contributed by atoms with Gasteiger partial charge >= 0.3 is 0 Å². The molecule has 6 rings (SSSR count). The fourth-order valence-electron chi connectivity index (χ4n) is 7.83. The largest absolute Gasteiger partial charge is 0.344 e. The molecule has 2 heterocycles. The lowest BCUT2D eigenvalue weighted by Crippen LogP contribution is -2.27. The Hall–Kier alpha value is -3.69. The quantitative estimate of drug-likeness (QED) is 0.0696. The Morgan fingerprint density at radius 2 is 1.26 bits per heavy atom. The maximum absolute atomic E-state index is 2.94. The molecule has 0 N–H and O–H groups in total. The van der Waals surface area contributed by atoms with E-state index in [1.807, 2.05) is 5.83 Å². The number of benzene rings is 4. The van der Waals surface area contributed by atoms with Crippen LogP contribution in [0.4, 0.5) is 11.4 Å². The van der Waals surface area contributed by atoms with E-state index in [-0.39, 0.29) is 10.8 Å². The number of fused-ring (bicyclic) bond motifs is 6. The third kappa shape index (κ3) is 6.70. The number of hydrogen-bond acceptors (Lipinski definition) is 1. The average molecular weight is 689 g/mol. The molecule has 4 aromatic rings. The van der Waals surface area contributed by atoms with Crippen LogP contribution in [0.25, 0.3) is 21.5 Å². The normalized spacial score (nSPS) is 17.4. The number of allylic oxidation sites excluding steroid dienone is 8. The van der Waals surface area contributed by atoms with Crippen molar-refractivity contribution in [1.29, 1.82) is 0 Å². The lowest BCUT2D eigenvalue weighted by atomic mass is 9.79. The first kappa shape index (κ1) is 34.6. The van der Waals surface area contributed by atoms with Gasteiger partial charge in [-0.15, -0.1) is 0 Å². The van der Waals surface area contributed by atoms with E-state index >= 15 is 0 Å². The van der Waals surface area contributed by atoms with Gasteiger partial charge in [0.1, 0.15) is 7.05 Å². The maximum Gasteiger partial charge on any atom is 0.210 e. The van der Waals surface area contributed by atoms with Crippen molar-refractivity contribution in [3.63, 3.8) is 0 Å². The molecule has 244 valence electrons. The molecule has 2 aliphatic rings. The van der Waals surface area contributed by atoms with Crippen molar-refractivity contribution >= 4 is 54.6 Å². The fourth-order valence-corrected chi connectivity index (χ4v) is 7.83. The van der Waals surface area contributed by atoms with Crippen LogP contribution in [0.15, 0.2) is 121 Å². The van der Waals surface area contributed by atoms with Gasteiger partial charge in [-0.25, -0.2) is 0 Å². The molecule has 0 bridgehead atoms. The number of nitrogens with zero attached hydrogens (tertiary/aromatic N) is 2. The maximum atomic E-state index is 2.94. The van der Waals surface area contributed by atoms with Crippen LogP contribution in [0.5, 0.6) is 0 Å². The molecule has 2 nitrogen and oxygen atoms in total. The number of hydrogen-bond donors (Lipinski definition) is 0. The summed E-state index contributed by atoms with van der Waals surface area (Å²) in [7, 11) is 2.19. The molecule has 0 atom stereocenters. The van der Waals surface area contributed by atoms with Gasteiger partial charge in [-0.2, -0.15) is 4.58 Å². The summed E-state index contributed by atoms with van der Waals surface area (Å²) in [5, 5.41) is 5.35. The van der Waals surface area contributed by atoms with Gasteiger partial charge in [0.25, 0.3) is 0 Å². The van der Waals surface area contributed by atoms with Gasteiger partial charge in [-0.3, -0.25) is 0 Å². The molecule has 4 aromatic carbocycles. The van der Waals surface area contributed by atoms with E-state index in [4.69, 9.17) is 0 Å². The van der Waals surface area contributed by atoms with E-state index in [1.165, 1.54) is 87.6 Å². The number of rotatable bonds is 10. The lowest BCUT2D eigenvalue weighted by Gasteiger charge is -2.27. The summed E-state index contributed by atoms with van der Waals surface area (Å²) in [5.74, 6) is 1.81. The highest BCUT2D eigenvalue weighted by molar-refractivity contribution is 9.08. The SMILES string of the molecule is CBr.CCCCCCCN1/C(=C/C=C/C=C/C=C/C2=[N+](C)c3ccc4ccccc4c3C2(C)C)C(C)(C)c2c1ccc1ccccc21. The zero-order valence-electron chi connectivity index (χ0n) is 29.5. The fraction of sp³-hybridized carbons (Fsp3) is 0.341. The second kappa shape index (κ2) is 15.0. The van der Waals surface area contributed by atoms with E-state index in [1.54, 1.807) is 0 Å². The highest BCUT2D eigenvalue weighted by Crippen LogP contribution is 2.51. The minimum Gasteiger partial charge on any atom is -0.344 e. The first-order valence-electron chi connectivity index (χ1n) is 17.3. The Labute approximate surface area is 292 Å². The van der Waals surface area contributed by atoms with Gasteiger partial charge in [0.2, 0.25) is 5.69 Å². The van der Waals surface area contributed by atoms with Crippen molar-refractivity contribution in [1.82, 2.24) is 0 Å². The Bertz CT molecular complexity index is 1880. The van der Waals surface area contributed by atoms with Gasteiger partial charge < -0.3 is 4.90 Å². The third-order valence-electron chi connectivity index (χ3n) is 10.1. The first-order valence-corrected chi connectivity index (χ1v) is 18.9. The first-order chi connectivity index (χ1) is 22.8. The number of anilines is 1. The topological polar surface area (TPSA) is 6.25 Å². The average Bonchev–Trinajstić information content (AvgIpc) is 3.42. The minimum absolute atomic E-state index is 0.0667. The summed E-state index contributed by atoms with van der Waals surface area (Å²) in [4.78, 5) is 2.59. The minimum atomic E-state index is -0.0674. The van der Waals surface area contributed by atoms with Crippen LogP contribution in [-0.4, -0.2) is 29.7 Å². The molecule has 0 radical (unpaired) electrons. The van der Waals surface area contributed by atoms with E-state index in [9.17, 15) is 0 Å². The lowest BCUT2D eigenvalue weighted by molar-refractivity contribution is -0.401. The third-order valence-corrected chi connectivity index (χ3v) is 10.1. The highest BCUT2D eigenvalue weighted by Gasteiger charge is 2.44. The number of halogens is 1. The van der Waals surface area contributed by atoms with Gasteiger partial charge in [0.15, 0.2) is 5.71 Å². The van der Waals surface area contributed by atoms with Crippen molar-refractivity contribution in [2.24, 2.45) is 0 Å². The van der Waals surface area contributed by atoms with Crippen molar-refractivity contribution in [3.8, 4) is 0 Å². The van der Waals surface area contributed by atoms with Crippen LogP contribution in [0, 0.1) is 0 Å². The molecule has 47 heavy (non-hydrogen) atoms. The van der Waals surface area contributed by atoms with Gasteiger partial charge in [-0.05, 0) is 71.4 Å². The van der Waals surface area contributed by atoms with Gasteiger partial charge in [-0.1, -0.05) is 147 Å². The molecule has 0 aromatic heterocycles. The summed E-state index contributed by atoms with van der Waals surface area (Å²) < 4.78 is 2.35. The van der Waals surface area contributed by atoms with E-state index in [0.29, 0.717) is 0 Å². The molecule has 0 fully saturated rings. The second-order valence-electron chi connectivity index (χ2n) is 13.8. The second-order valence-corrected chi connectivity index (χ2v) is 13.8. The zero-order valence-corrected chi connectivity index (χ0v) is 31.1. The molecule has 2 aliphatic heterocycles. The van der Waals surface area contributed by atoms with Crippen molar-refractivity contribution in [2.75, 3.05) is 24.3 Å². The van der Waals surface area contributed by atoms with Crippen molar-refractivity contribution in [3.05, 3.63) is 132 Å². The molecule has 0 unspecified atom stereocenters. The highest BCUT2D eigenvalue weighted by atomic mass is 79.9. The molecular weight excluding hydrogens is 636 g/mol. The molecule has 3 heteroatoms. The van der Waals surface area contributed by atoms with Crippen LogP contribution in [-0.2, 0) is 10.8 Å². The van der Waals surface area contributed by atoms with Crippen LogP contribution >= 0.6 is 15.9 Å².